The first kappa shape index (κ1) is 15.4. The second-order valence-corrected chi connectivity index (χ2v) is 7.71. The molecule has 22 heavy (non-hydrogen) atoms. The smallest absolute Gasteiger partial charge is 0.244 e. The van der Waals surface area contributed by atoms with E-state index in [0.29, 0.717) is 23.4 Å². The van der Waals surface area contributed by atoms with Gasteiger partial charge in [-0.25, -0.2) is 8.42 Å². The van der Waals surface area contributed by atoms with Gasteiger partial charge < -0.3 is 4.74 Å². The van der Waals surface area contributed by atoms with Gasteiger partial charge in [-0.05, 0) is 44.5 Å². The zero-order chi connectivity index (χ0) is 15.9. The van der Waals surface area contributed by atoms with Crippen LogP contribution in [-0.4, -0.2) is 43.0 Å². The third-order valence-electron chi connectivity index (χ3n) is 4.07. The molecule has 0 bridgehead atoms. The fraction of sp³-hybridized carbons (Fsp3) is 0.438. The van der Waals surface area contributed by atoms with Gasteiger partial charge in [0.25, 0.3) is 0 Å². The van der Waals surface area contributed by atoms with Crippen molar-refractivity contribution in [1.82, 2.24) is 9.29 Å². The van der Waals surface area contributed by atoms with Crippen LogP contribution in [0.25, 0.3) is 10.9 Å². The van der Waals surface area contributed by atoms with Gasteiger partial charge in [0.05, 0.1) is 23.1 Å². The molecule has 2 heterocycles. The molecule has 0 aliphatic carbocycles. The highest BCUT2D eigenvalue weighted by atomic mass is 32.2. The van der Waals surface area contributed by atoms with Crippen molar-refractivity contribution in [3.63, 3.8) is 0 Å². The number of pyridine rings is 1. The summed E-state index contributed by atoms with van der Waals surface area (Å²) in [6, 6.07) is 6.91. The molecule has 1 aromatic carbocycles. The van der Waals surface area contributed by atoms with Crippen LogP contribution in [0.2, 0.25) is 0 Å². The number of sulfonamides is 1. The fourth-order valence-electron chi connectivity index (χ4n) is 2.85. The van der Waals surface area contributed by atoms with E-state index in [4.69, 9.17) is 4.74 Å². The zero-order valence-electron chi connectivity index (χ0n) is 13.0. The molecule has 2 unspecified atom stereocenters. The molecule has 0 spiro atoms. The minimum atomic E-state index is -3.57. The van der Waals surface area contributed by atoms with Gasteiger partial charge in [-0.1, -0.05) is 6.07 Å². The lowest BCUT2D eigenvalue weighted by molar-refractivity contribution is -0.0170. The SMILES string of the molecule is Cc1ccc(S(=O)(=O)N2CC(C)OCC2C)c2cccnc12. The number of aryl methyl sites for hydroxylation is 1. The maximum absolute atomic E-state index is 13.1. The van der Waals surface area contributed by atoms with Crippen molar-refractivity contribution in [3.05, 3.63) is 36.0 Å². The van der Waals surface area contributed by atoms with Crippen molar-refractivity contribution in [3.8, 4) is 0 Å². The van der Waals surface area contributed by atoms with Gasteiger partial charge in [0, 0.05) is 24.2 Å². The maximum Gasteiger partial charge on any atom is 0.244 e. The number of aromatic nitrogens is 1. The second kappa shape index (κ2) is 5.61. The van der Waals surface area contributed by atoms with E-state index in [-0.39, 0.29) is 12.1 Å². The first-order valence-electron chi connectivity index (χ1n) is 7.39. The van der Waals surface area contributed by atoms with E-state index >= 15 is 0 Å². The third kappa shape index (κ3) is 2.51. The summed E-state index contributed by atoms with van der Waals surface area (Å²) in [6.45, 7) is 6.49. The molecule has 6 heteroatoms. The summed E-state index contributed by atoms with van der Waals surface area (Å²) >= 11 is 0. The highest BCUT2D eigenvalue weighted by Gasteiger charge is 2.35. The van der Waals surface area contributed by atoms with E-state index in [1.807, 2.05) is 32.9 Å². The monoisotopic (exact) mass is 320 g/mol. The molecule has 118 valence electrons. The normalized spacial score (nSPS) is 23.8. The van der Waals surface area contributed by atoms with E-state index in [1.165, 1.54) is 4.31 Å². The molecular formula is C16H20N2O3S. The highest BCUT2D eigenvalue weighted by molar-refractivity contribution is 7.89. The Kier molecular flexibility index (Phi) is 3.92. The summed E-state index contributed by atoms with van der Waals surface area (Å²) in [4.78, 5) is 4.65. The Morgan fingerprint density at radius 2 is 2.05 bits per heavy atom. The average molecular weight is 320 g/mol. The van der Waals surface area contributed by atoms with Crippen molar-refractivity contribution in [1.29, 1.82) is 0 Å². The molecule has 0 radical (unpaired) electrons. The fourth-order valence-corrected chi connectivity index (χ4v) is 4.72. The molecule has 1 saturated heterocycles. The Morgan fingerprint density at radius 1 is 1.27 bits per heavy atom. The van der Waals surface area contributed by atoms with Gasteiger partial charge >= 0.3 is 0 Å². The van der Waals surface area contributed by atoms with Crippen LogP contribution in [0.1, 0.15) is 19.4 Å². The van der Waals surface area contributed by atoms with Crippen LogP contribution >= 0.6 is 0 Å². The number of hydrogen-bond acceptors (Lipinski definition) is 4. The zero-order valence-corrected chi connectivity index (χ0v) is 13.8. The molecule has 2 aromatic rings. The van der Waals surface area contributed by atoms with E-state index in [1.54, 1.807) is 18.3 Å². The number of morpholine rings is 1. The van der Waals surface area contributed by atoms with E-state index < -0.39 is 10.0 Å². The number of ether oxygens (including phenoxy) is 1. The largest absolute Gasteiger partial charge is 0.375 e. The lowest BCUT2D eigenvalue weighted by atomic mass is 10.1. The van der Waals surface area contributed by atoms with Gasteiger partial charge in [-0.2, -0.15) is 4.31 Å². The standard InChI is InChI=1S/C16H20N2O3S/c1-11-6-7-15(14-5-4-8-17-16(11)14)22(19,20)18-9-13(3)21-10-12(18)2/h4-8,12-13H,9-10H2,1-3H3. The topological polar surface area (TPSA) is 59.5 Å². The third-order valence-corrected chi connectivity index (χ3v) is 6.11. The Morgan fingerprint density at radius 3 is 2.82 bits per heavy atom. The number of benzene rings is 1. The molecule has 2 atom stereocenters. The lowest BCUT2D eigenvalue weighted by Crippen LogP contribution is -2.50. The summed E-state index contributed by atoms with van der Waals surface area (Å²) in [5, 5.41) is 0.675. The molecule has 3 rings (SSSR count). The molecular weight excluding hydrogens is 300 g/mol. The van der Waals surface area contributed by atoms with Crippen LogP contribution in [0.15, 0.2) is 35.4 Å². The Labute approximate surface area is 131 Å². The van der Waals surface area contributed by atoms with Crippen LogP contribution in [0.4, 0.5) is 0 Å². The van der Waals surface area contributed by atoms with Gasteiger partial charge in [0.15, 0.2) is 0 Å². The van der Waals surface area contributed by atoms with Gasteiger partial charge in [-0.3, -0.25) is 4.98 Å². The first-order valence-corrected chi connectivity index (χ1v) is 8.83. The van der Waals surface area contributed by atoms with Crippen molar-refractivity contribution in [2.45, 2.75) is 37.8 Å². The van der Waals surface area contributed by atoms with Crippen molar-refractivity contribution in [2.75, 3.05) is 13.2 Å². The molecule has 1 fully saturated rings. The second-order valence-electron chi connectivity index (χ2n) is 5.85. The van der Waals surface area contributed by atoms with Crippen LogP contribution < -0.4 is 0 Å². The molecule has 0 N–H and O–H groups in total. The van der Waals surface area contributed by atoms with Crippen molar-refractivity contribution in [2.24, 2.45) is 0 Å². The van der Waals surface area contributed by atoms with E-state index in [0.717, 1.165) is 11.1 Å². The Bertz CT molecular complexity index is 804. The predicted octanol–water partition coefficient (Wildman–Crippen LogP) is 2.34. The molecule has 1 aliphatic heterocycles. The summed E-state index contributed by atoms with van der Waals surface area (Å²) in [5.74, 6) is 0. The van der Waals surface area contributed by atoms with Gasteiger partial charge in [0.2, 0.25) is 10.0 Å². The number of nitrogens with zero attached hydrogens (tertiary/aromatic N) is 2. The maximum atomic E-state index is 13.1. The van der Waals surface area contributed by atoms with E-state index in [2.05, 4.69) is 4.98 Å². The average Bonchev–Trinajstić information content (AvgIpc) is 2.50. The number of hydrogen-bond donors (Lipinski definition) is 0. The summed E-state index contributed by atoms with van der Waals surface area (Å²) in [6.07, 6.45) is 1.59. The van der Waals surface area contributed by atoms with Crippen LogP contribution in [0.3, 0.4) is 0 Å². The highest BCUT2D eigenvalue weighted by Crippen LogP contribution is 2.29. The lowest BCUT2D eigenvalue weighted by Gasteiger charge is -2.35. The minimum absolute atomic E-state index is 0.0965. The van der Waals surface area contributed by atoms with Crippen molar-refractivity contribution < 1.29 is 13.2 Å². The molecule has 0 amide bonds. The molecule has 0 saturated carbocycles. The van der Waals surface area contributed by atoms with Crippen LogP contribution in [0, 0.1) is 6.92 Å². The molecule has 1 aliphatic rings. The summed E-state index contributed by atoms with van der Waals surface area (Å²) in [7, 11) is -3.57. The minimum Gasteiger partial charge on any atom is -0.375 e. The van der Waals surface area contributed by atoms with Gasteiger partial charge in [0.1, 0.15) is 0 Å². The predicted molar refractivity (Wildman–Crippen MR) is 85.2 cm³/mol. The van der Waals surface area contributed by atoms with Crippen LogP contribution in [0.5, 0.6) is 0 Å². The Hall–Kier alpha value is -1.50. The van der Waals surface area contributed by atoms with Crippen LogP contribution in [-0.2, 0) is 14.8 Å². The number of rotatable bonds is 2. The molecule has 5 nitrogen and oxygen atoms in total. The van der Waals surface area contributed by atoms with Crippen molar-refractivity contribution >= 4 is 20.9 Å². The quantitative estimate of drug-likeness (QED) is 0.852. The Balaban J connectivity index is 2.15. The van der Waals surface area contributed by atoms with E-state index in [9.17, 15) is 8.42 Å². The summed E-state index contributed by atoms with van der Waals surface area (Å²) < 4.78 is 33.3. The summed E-state index contributed by atoms with van der Waals surface area (Å²) in [5.41, 5.74) is 1.70. The molecule has 1 aromatic heterocycles. The first-order chi connectivity index (χ1) is 10.4. The van der Waals surface area contributed by atoms with Gasteiger partial charge in [-0.15, -0.1) is 0 Å². The number of fused-ring (bicyclic) bond motifs is 1.